The lowest BCUT2D eigenvalue weighted by molar-refractivity contribution is -0.114. The summed E-state index contributed by atoms with van der Waals surface area (Å²) >= 11 is 0. The third-order valence-corrected chi connectivity index (χ3v) is 1.51. The minimum absolute atomic E-state index is 0.262. The number of aliphatic hydroxyl groups is 1. The Morgan fingerprint density at radius 1 is 1.75 bits per heavy atom. The Balaban J connectivity index is 3.62. The van der Waals surface area contributed by atoms with Crippen LogP contribution in [0.3, 0.4) is 0 Å². The molecule has 0 aliphatic heterocycles. The van der Waals surface area contributed by atoms with Gasteiger partial charge < -0.3 is 5.11 Å². The summed E-state index contributed by atoms with van der Waals surface area (Å²) in [6.45, 7) is 4.71. The third-order valence-electron chi connectivity index (χ3n) is 1.51. The van der Waals surface area contributed by atoms with Crippen molar-refractivity contribution >= 4 is 0 Å². The molecule has 0 unspecified atom stereocenters. The molecule has 0 aromatic rings. The maximum Gasteiger partial charge on any atom is 0.206 e. The average molecular weight is 120 g/mol. The van der Waals surface area contributed by atoms with E-state index in [-0.39, 0.29) is 5.92 Å². The van der Waals surface area contributed by atoms with Crippen LogP contribution in [-0.2, 0) is 0 Å². The van der Waals surface area contributed by atoms with Crippen LogP contribution in [0.15, 0.2) is 0 Å². The number of hydrogen-bond donors (Lipinski definition) is 1. The molecule has 0 spiro atoms. The minimum Gasteiger partial charge on any atom is -0.362 e. The van der Waals surface area contributed by atoms with E-state index >= 15 is 0 Å². The fourth-order valence-corrected chi connectivity index (χ4v) is 0.373. The summed E-state index contributed by atoms with van der Waals surface area (Å²) in [7, 11) is 0. The van der Waals surface area contributed by atoms with Crippen molar-refractivity contribution in [2.24, 2.45) is 5.92 Å². The van der Waals surface area contributed by atoms with Crippen molar-refractivity contribution in [2.75, 3.05) is 0 Å². The summed E-state index contributed by atoms with van der Waals surface area (Å²) < 4.78 is 12.3. The highest BCUT2D eigenvalue weighted by Gasteiger charge is 2.24. The first kappa shape index (κ1) is 7.89. The first-order valence-corrected chi connectivity index (χ1v) is 2.89. The SMILES string of the molecule is CC[C@H](C)[C@](C)(O)F. The predicted molar refractivity (Wildman–Crippen MR) is 31.2 cm³/mol. The fourth-order valence-electron chi connectivity index (χ4n) is 0.373. The van der Waals surface area contributed by atoms with Crippen molar-refractivity contribution in [3.05, 3.63) is 0 Å². The second-order valence-corrected chi connectivity index (χ2v) is 2.33. The second kappa shape index (κ2) is 2.44. The van der Waals surface area contributed by atoms with Crippen LogP contribution in [0.5, 0.6) is 0 Å². The van der Waals surface area contributed by atoms with Gasteiger partial charge in [0.2, 0.25) is 5.85 Å². The molecule has 0 aliphatic carbocycles. The molecule has 0 rings (SSSR count). The third kappa shape index (κ3) is 2.26. The summed E-state index contributed by atoms with van der Waals surface area (Å²) in [5.74, 6) is -2.25. The van der Waals surface area contributed by atoms with Crippen molar-refractivity contribution in [1.82, 2.24) is 0 Å². The van der Waals surface area contributed by atoms with Crippen LogP contribution in [0.1, 0.15) is 27.2 Å². The van der Waals surface area contributed by atoms with E-state index in [1.54, 1.807) is 6.92 Å². The van der Waals surface area contributed by atoms with Crippen molar-refractivity contribution in [1.29, 1.82) is 0 Å². The summed E-state index contributed by atoms with van der Waals surface area (Å²) in [5.41, 5.74) is 0. The summed E-state index contributed by atoms with van der Waals surface area (Å²) in [4.78, 5) is 0. The van der Waals surface area contributed by atoms with E-state index in [0.29, 0.717) is 6.42 Å². The topological polar surface area (TPSA) is 20.2 Å². The molecule has 0 bridgehead atoms. The number of alkyl halides is 1. The lowest BCUT2D eigenvalue weighted by atomic mass is 10.0. The molecule has 0 fully saturated rings. The van der Waals surface area contributed by atoms with Gasteiger partial charge in [0.15, 0.2) is 0 Å². The molecule has 2 atom stereocenters. The van der Waals surface area contributed by atoms with Gasteiger partial charge in [-0.25, -0.2) is 4.39 Å². The smallest absolute Gasteiger partial charge is 0.206 e. The zero-order chi connectivity index (χ0) is 6.78. The standard InChI is InChI=1S/C6H13FO/c1-4-5(2)6(3,7)8/h5,8H,4H2,1-3H3/t5-,6-/m0/s1. The summed E-state index contributed by atoms with van der Waals surface area (Å²) in [6, 6.07) is 0. The van der Waals surface area contributed by atoms with Crippen LogP contribution in [-0.4, -0.2) is 11.0 Å². The van der Waals surface area contributed by atoms with Gasteiger partial charge in [0, 0.05) is 5.92 Å². The molecule has 0 aromatic carbocycles. The first-order chi connectivity index (χ1) is 3.48. The van der Waals surface area contributed by atoms with E-state index < -0.39 is 5.85 Å². The molecule has 2 heteroatoms. The Morgan fingerprint density at radius 2 is 2.12 bits per heavy atom. The molecule has 0 saturated heterocycles. The number of halogens is 1. The highest BCUT2D eigenvalue weighted by Crippen LogP contribution is 2.20. The van der Waals surface area contributed by atoms with Crippen LogP contribution in [0.2, 0.25) is 0 Å². The number of rotatable bonds is 2. The normalized spacial score (nSPS) is 22.1. The van der Waals surface area contributed by atoms with Gasteiger partial charge in [-0.05, 0) is 13.3 Å². The molecule has 0 aromatic heterocycles. The molecule has 0 amide bonds. The molecular formula is C6H13FO. The van der Waals surface area contributed by atoms with Crippen LogP contribution < -0.4 is 0 Å². The number of hydrogen-bond acceptors (Lipinski definition) is 1. The van der Waals surface area contributed by atoms with E-state index in [1.807, 2.05) is 6.92 Å². The van der Waals surface area contributed by atoms with Crippen LogP contribution in [0.4, 0.5) is 4.39 Å². The molecule has 0 saturated carbocycles. The lowest BCUT2D eigenvalue weighted by Crippen LogP contribution is -2.25. The van der Waals surface area contributed by atoms with Gasteiger partial charge in [-0.3, -0.25) is 0 Å². The Bertz CT molecular complexity index is 65.4. The Morgan fingerprint density at radius 3 is 2.12 bits per heavy atom. The van der Waals surface area contributed by atoms with E-state index in [9.17, 15) is 4.39 Å². The largest absolute Gasteiger partial charge is 0.362 e. The fraction of sp³-hybridized carbons (Fsp3) is 1.00. The van der Waals surface area contributed by atoms with Crippen LogP contribution >= 0.6 is 0 Å². The van der Waals surface area contributed by atoms with Gasteiger partial charge >= 0.3 is 0 Å². The summed E-state index contributed by atoms with van der Waals surface area (Å²) in [6.07, 6.45) is 0.670. The van der Waals surface area contributed by atoms with Gasteiger partial charge in [0.25, 0.3) is 0 Å². The molecule has 0 aliphatic rings. The maximum atomic E-state index is 12.3. The van der Waals surface area contributed by atoms with Gasteiger partial charge in [-0.2, -0.15) is 0 Å². The van der Waals surface area contributed by atoms with E-state index in [2.05, 4.69) is 0 Å². The predicted octanol–water partition coefficient (Wildman–Crippen LogP) is 1.71. The first-order valence-electron chi connectivity index (χ1n) is 2.89. The molecule has 0 radical (unpaired) electrons. The Hall–Kier alpha value is -0.110. The quantitative estimate of drug-likeness (QED) is 0.588. The lowest BCUT2D eigenvalue weighted by Gasteiger charge is -2.19. The molecule has 1 nitrogen and oxygen atoms in total. The van der Waals surface area contributed by atoms with Crippen LogP contribution in [0, 0.1) is 5.92 Å². The second-order valence-electron chi connectivity index (χ2n) is 2.33. The van der Waals surface area contributed by atoms with E-state index in [4.69, 9.17) is 5.11 Å². The molecule has 0 heterocycles. The Kier molecular flexibility index (Phi) is 2.41. The van der Waals surface area contributed by atoms with E-state index in [0.717, 1.165) is 0 Å². The van der Waals surface area contributed by atoms with Crippen molar-refractivity contribution in [3.8, 4) is 0 Å². The average Bonchev–Trinajstić information content (AvgIpc) is 1.62. The van der Waals surface area contributed by atoms with Crippen molar-refractivity contribution < 1.29 is 9.50 Å². The van der Waals surface area contributed by atoms with E-state index in [1.165, 1.54) is 6.92 Å². The molecule has 50 valence electrons. The molecular weight excluding hydrogens is 107 g/mol. The monoisotopic (exact) mass is 120 g/mol. The zero-order valence-corrected chi connectivity index (χ0v) is 5.61. The van der Waals surface area contributed by atoms with Gasteiger partial charge in [0.1, 0.15) is 0 Å². The van der Waals surface area contributed by atoms with Gasteiger partial charge in [0.05, 0.1) is 0 Å². The minimum atomic E-state index is -1.99. The van der Waals surface area contributed by atoms with Crippen molar-refractivity contribution in [2.45, 2.75) is 33.0 Å². The van der Waals surface area contributed by atoms with Crippen molar-refractivity contribution in [3.63, 3.8) is 0 Å². The molecule has 8 heavy (non-hydrogen) atoms. The molecule has 1 N–H and O–H groups in total. The summed E-state index contributed by atoms with van der Waals surface area (Å²) in [5, 5.41) is 8.62. The zero-order valence-electron chi connectivity index (χ0n) is 5.61. The van der Waals surface area contributed by atoms with Crippen LogP contribution in [0.25, 0.3) is 0 Å². The maximum absolute atomic E-state index is 12.3. The highest BCUT2D eigenvalue weighted by molar-refractivity contribution is 4.64. The highest BCUT2D eigenvalue weighted by atomic mass is 19.2. The van der Waals surface area contributed by atoms with Gasteiger partial charge in [-0.1, -0.05) is 13.8 Å². The Labute approximate surface area is 49.5 Å². The van der Waals surface area contributed by atoms with Gasteiger partial charge in [-0.15, -0.1) is 0 Å².